The van der Waals surface area contributed by atoms with Crippen molar-refractivity contribution >= 4 is 27.5 Å². The van der Waals surface area contributed by atoms with E-state index < -0.39 is 6.10 Å². The SMILES string of the molecule is NCC(c1ccc(Cl)cc1)C(O)c1ccc(Br)o1. The molecular formula is C13H13BrClNO2. The molecule has 0 aliphatic carbocycles. The minimum atomic E-state index is -0.775. The Labute approximate surface area is 119 Å². The summed E-state index contributed by atoms with van der Waals surface area (Å²) < 4.78 is 5.94. The maximum atomic E-state index is 10.3. The first-order valence-corrected chi connectivity index (χ1v) is 6.67. The van der Waals surface area contributed by atoms with Crippen LogP contribution in [0.15, 0.2) is 45.5 Å². The Bertz CT molecular complexity index is 512. The third-order valence-corrected chi connectivity index (χ3v) is 3.50. The van der Waals surface area contributed by atoms with Gasteiger partial charge in [0.15, 0.2) is 4.67 Å². The maximum Gasteiger partial charge on any atom is 0.169 e. The maximum absolute atomic E-state index is 10.3. The fourth-order valence-electron chi connectivity index (χ4n) is 1.84. The average Bonchev–Trinajstić information content (AvgIpc) is 2.79. The van der Waals surface area contributed by atoms with Gasteiger partial charge in [0.1, 0.15) is 11.9 Å². The predicted molar refractivity (Wildman–Crippen MR) is 74.6 cm³/mol. The molecule has 2 unspecified atom stereocenters. The lowest BCUT2D eigenvalue weighted by molar-refractivity contribution is 0.120. The summed E-state index contributed by atoms with van der Waals surface area (Å²) in [5.41, 5.74) is 6.67. The highest BCUT2D eigenvalue weighted by atomic mass is 79.9. The molecule has 0 aliphatic rings. The topological polar surface area (TPSA) is 59.4 Å². The van der Waals surface area contributed by atoms with Crippen molar-refractivity contribution in [3.8, 4) is 0 Å². The van der Waals surface area contributed by atoms with Crippen LogP contribution in [0.5, 0.6) is 0 Å². The Hall–Kier alpha value is -0.810. The molecular weight excluding hydrogens is 318 g/mol. The first kappa shape index (κ1) is 13.6. The van der Waals surface area contributed by atoms with Gasteiger partial charge < -0.3 is 15.3 Å². The van der Waals surface area contributed by atoms with Gasteiger partial charge in [-0.15, -0.1) is 0 Å². The van der Waals surface area contributed by atoms with E-state index in [4.69, 9.17) is 21.8 Å². The smallest absolute Gasteiger partial charge is 0.169 e. The summed E-state index contributed by atoms with van der Waals surface area (Å²) in [6.07, 6.45) is -0.775. The monoisotopic (exact) mass is 329 g/mol. The Kier molecular flexibility index (Phi) is 4.45. The van der Waals surface area contributed by atoms with Crippen LogP contribution in [0.2, 0.25) is 5.02 Å². The third kappa shape index (κ3) is 2.95. The molecule has 3 nitrogen and oxygen atoms in total. The van der Waals surface area contributed by atoms with E-state index in [9.17, 15) is 5.11 Å². The van der Waals surface area contributed by atoms with Crippen molar-refractivity contribution in [3.63, 3.8) is 0 Å². The number of hydrogen-bond acceptors (Lipinski definition) is 3. The number of nitrogens with two attached hydrogens (primary N) is 1. The number of furan rings is 1. The van der Waals surface area contributed by atoms with Gasteiger partial charge in [0.05, 0.1) is 0 Å². The Morgan fingerprint density at radius 2 is 1.89 bits per heavy atom. The van der Waals surface area contributed by atoms with Gasteiger partial charge in [-0.3, -0.25) is 0 Å². The molecule has 2 atom stereocenters. The van der Waals surface area contributed by atoms with Crippen molar-refractivity contribution in [2.75, 3.05) is 6.54 Å². The molecule has 18 heavy (non-hydrogen) atoms. The van der Waals surface area contributed by atoms with Gasteiger partial charge in [-0.2, -0.15) is 0 Å². The summed E-state index contributed by atoms with van der Waals surface area (Å²) in [4.78, 5) is 0. The largest absolute Gasteiger partial charge is 0.452 e. The quantitative estimate of drug-likeness (QED) is 0.902. The van der Waals surface area contributed by atoms with Crippen molar-refractivity contribution in [2.24, 2.45) is 5.73 Å². The van der Waals surface area contributed by atoms with Crippen LogP contribution in [0.3, 0.4) is 0 Å². The van der Waals surface area contributed by atoms with E-state index in [2.05, 4.69) is 15.9 Å². The molecule has 0 saturated carbocycles. The number of benzene rings is 1. The molecule has 3 N–H and O–H groups in total. The van der Waals surface area contributed by atoms with Crippen LogP contribution in [0, 0.1) is 0 Å². The highest BCUT2D eigenvalue weighted by Gasteiger charge is 2.24. The normalized spacial score (nSPS) is 14.4. The molecule has 5 heteroatoms. The minimum absolute atomic E-state index is 0.222. The van der Waals surface area contributed by atoms with E-state index in [1.807, 2.05) is 12.1 Å². The van der Waals surface area contributed by atoms with Gasteiger partial charge in [-0.1, -0.05) is 23.7 Å². The molecule has 96 valence electrons. The first-order valence-electron chi connectivity index (χ1n) is 5.50. The Morgan fingerprint density at radius 1 is 1.22 bits per heavy atom. The molecule has 0 saturated heterocycles. The van der Waals surface area contributed by atoms with E-state index in [0.717, 1.165) is 5.56 Å². The summed E-state index contributed by atoms with van der Waals surface area (Å²) in [5.74, 6) is 0.271. The molecule has 0 amide bonds. The van der Waals surface area contributed by atoms with Crippen molar-refractivity contribution in [1.29, 1.82) is 0 Å². The second-order valence-electron chi connectivity index (χ2n) is 3.98. The fourth-order valence-corrected chi connectivity index (χ4v) is 2.29. The highest BCUT2D eigenvalue weighted by Crippen LogP contribution is 2.32. The van der Waals surface area contributed by atoms with Gasteiger partial charge in [-0.25, -0.2) is 0 Å². The van der Waals surface area contributed by atoms with Gasteiger partial charge in [0, 0.05) is 17.5 Å². The zero-order chi connectivity index (χ0) is 13.1. The molecule has 1 aromatic carbocycles. The van der Waals surface area contributed by atoms with Gasteiger partial charge in [0.2, 0.25) is 0 Å². The molecule has 0 fully saturated rings. The molecule has 0 radical (unpaired) electrons. The number of halogens is 2. The summed E-state index contributed by atoms with van der Waals surface area (Å²) in [6.45, 7) is 0.321. The lowest BCUT2D eigenvalue weighted by Gasteiger charge is -2.20. The Balaban J connectivity index is 2.25. The third-order valence-electron chi connectivity index (χ3n) is 2.82. The molecule has 0 aliphatic heterocycles. The fraction of sp³-hybridized carbons (Fsp3) is 0.231. The van der Waals surface area contributed by atoms with E-state index >= 15 is 0 Å². The van der Waals surface area contributed by atoms with Crippen molar-refractivity contribution < 1.29 is 9.52 Å². The lowest BCUT2D eigenvalue weighted by Crippen LogP contribution is -2.19. The second kappa shape index (κ2) is 5.89. The Morgan fingerprint density at radius 3 is 2.39 bits per heavy atom. The van der Waals surface area contributed by atoms with E-state index in [-0.39, 0.29) is 5.92 Å². The molecule has 1 heterocycles. The van der Waals surface area contributed by atoms with Crippen molar-refractivity contribution in [1.82, 2.24) is 0 Å². The molecule has 2 rings (SSSR count). The number of hydrogen-bond donors (Lipinski definition) is 2. The van der Waals surface area contributed by atoms with Gasteiger partial charge in [0.25, 0.3) is 0 Å². The van der Waals surface area contributed by atoms with Crippen LogP contribution in [0.1, 0.15) is 23.3 Å². The highest BCUT2D eigenvalue weighted by molar-refractivity contribution is 9.10. The number of aliphatic hydroxyl groups excluding tert-OH is 1. The summed E-state index contributed by atoms with van der Waals surface area (Å²) >= 11 is 9.05. The van der Waals surface area contributed by atoms with E-state index in [1.165, 1.54) is 0 Å². The molecule has 0 bridgehead atoms. The van der Waals surface area contributed by atoms with Crippen molar-refractivity contribution in [2.45, 2.75) is 12.0 Å². The minimum Gasteiger partial charge on any atom is -0.452 e. The van der Waals surface area contributed by atoms with Crippen LogP contribution < -0.4 is 5.73 Å². The number of rotatable bonds is 4. The predicted octanol–water partition coefficient (Wildman–Crippen LogP) is 3.47. The molecule has 2 aromatic rings. The van der Waals surface area contributed by atoms with E-state index in [0.29, 0.717) is 22.0 Å². The van der Waals surface area contributed by atoms with Gasteiger partial charge >= 0.3 is 0 Å². The van der Waals surface area contributed by atoms with E-state index in [1.54, 1.807) is 24.3 Å². The second-order valence-corrected chi connectivity index (χ2v) is 5.20. The summed E-state index contributed by atoms with van der Waals surface area (Å²) in [7, 11) is 0. The van der Waals surface area contributed by atoms with Crippen LogP contribution in [-0.4, -0.2) is 11.7 Å². The summed E-state index contributed by atoms with van der Waals surface area (Å²) in [6, 6.07) is 10.8. The summed E-state index contributed by atoms with van der Waals surface area (Å²) in [5, 5.41) is 10.9. The lowest BCUT2D eigenvalue weighted by atomic mass is 9.92. The van der Waals surface area contributed by atoms with Crippen molar-refractivity contribution in [3.05, 3.63) is 57.4 Å². The zero-order valence-corrected chi connectivity index (χ0v) is 11.9. The van der Waals surface area contributed by atoms with Crippen LogP contribution in [0.4, 0.5) is 0 Å². The van der Waals surface area contributed by atoms with Crippen LogP contribution in [0.25, 0.3) is 0 Å². The van der Waals surface area contributed by atoms with Crippen LogP contribution >= 0.6 is 27.5 Å². The average molecular weight is 331 g/mol. The van der Waals surface area contributed by atoms with Crippen LogP contribution in [-0.2, 0) is 0 Å². The van der Waals surface area contributed by atoms with Gasteiger partial charge in [-0.05, 0) is 45.8 Å². The zero-order valence-electron chi connectivity index (χ0n) is 9.51. The standard InChI is InChI=1S/C13H13BrClNO2/c14-12-6-5-11(18-12)13(17)10(7-16)8-1-3-9(15)4-2-8/h1-6,10,13,17H,7,16H2. The first-order chi connectivity index (χ1) is 8.61. The number of aliphatic hydroxyl groups is 1. The molecule has 1 aromatic heterocycles. The molecule has 0 spiro atoms.